The fourth-order valence-electron chi connectivity index (χ4n) is 1.66. The van der Waals surface area contributed by atoms with E-state index < -0.39 is 57.1 Å². The minimum absolute atomic E-state index is 8.01. The Morgan fingerprint density at radius 3 is 0.931 bits per heavy atom. The van der Waals surface area contributed by atoms with E-state index in [9.17, 15) is 87.6 Å². The molecule has 0 aromatic carbocycles. The summed E-state index contributed by atoms with van der Waals surface area (Å²) in [4.78, 5) is 0. The first kappa shape index (κ1) is 27.7. The molecule has 0 aliphatic rings. The van der Waals surface area contributed by atoms with Crippen molar-refractivity contribution < 1.29 is 87.6 Å². The lowest BCUT2D eigenvalue weighted by Gasteiger charge is -2.47. The topological polar surface area (TPSA) is 57.2 Å². The molecule has 29 heavy (non-hydrogen) atoms. The van der Waals surface area contributed by atoms with Gasteiger partial charge < -0.3 is 4.55 Å². The Morgan fingerprint density at radius 2 is 0.759 bits per heavy atom. The van der Waals surface area contributed by atoms with E-state index in [2.05, 4.69) is 0 Å². The summed E-state index contributed by atoms with van der Waals surface area (Å²) in [6.45, 7) is 0. The third-order valence-electron chi connectivity index (χ3n) is 3.12. The zero-order valence-electron chi connectivity index (χ0n) is 12.1. The molecule has 21 heteroatoms. The first-order chi connectivity index (χ1) is 12.0. The van der Waals surface area contributed by atoms with Crippen LogP contribution in [0.25, 0.3) is 0 Å². The fourth-order valence-corrected chi connectivity index (χ4v) is 2.53. The third-order valence-corrected chi connectivity index (χ3v) is 4.32. The molecule has 0 saturated carbocycles. The number of hydrogen-bond donors (Lipinski definition) is 0. The summed E-state index contributed by atoms with van der Waals surface area (Å²) in [5.74, 6) is -26.6. The van der Waals surface area contributed by atoms with E-state index in [0.29, 0.717) is 0 Å². The van der Waals surface area contributed by atoms with Crippen molar-refractivity contribution in [2.75, 3.05) is 0 Å². The van der Waals surface area contributed by atoms with E-state index in [1.54, 1.807) is 0 Å². The summed E-state index contributed by atoms with van der Waals surface area (Å²) in [6.07, 6.45) is -25.0. The largest absolute Gasteiger partial charge is 0.745 e. The Kier molecular flexibility index (Phi) is 6.08. The van der Waals surface area contributed by atoms with Crippen LogP contribution in [0.2, 0.25) is 0 Å². The normalized spacial score (nSPS) is 20.2. The first-order valence-electron chi connectivity index (χ1n) is 5.67. The summed E-state index contributed by atoms with van der Waals surface area (Å²) < 4.78 is 246. The van der Waals surface area contributed by atoms with Crippen LogP contribution < -0.4 is 0 Å². The molecule has 0 aromatic rings. The minimum Gasteiger partial charge on any atom is -0.745 e. The second-order valence-corrected chi connectivity index (χ2v) is 6.40. The van der Waals surface area contributed by atoms with Gasteiger partial charge in [-0.05, 0) is 0 Å². The zero-order valence-corrected chi connectivity index (χ0v) is 12.9. The molecule has 0 aliphatic heterocycles. The summed E-state index contributed by atoms with van der Waals surface area (Å²) in [6, 6.07) is 0. The van der Waals surface area contributed by atoms with E-state index >= 15 is 0 Å². The van der Waals surface area contributed by atoms with Crippen molar-refractivity contribution in [2.24, 2.45) is 0 Å². The highest BCUT2D eigenvalue weighted by atomic mass is 32.2. The predicted octanol–water partition coefficient (Wildman–Crippen LogP) is 4.50. The minimum atomic E-state index is -9.20. The van der Waals surface area contributed by atoms with Gasteiger partial charge in [0.2, 0.25) is 0 Å². The molecular formula is C8F17O3S-. The first-order valence-corrected chi connectivity index (χ1v) is 7.08. The molecule has 0 bridgehead atoms. The second kappa shape index (κ2) is 6.36. The predicted molar refractivity (Wildman–Crippen MR) is 50.4 cm³/mol. The smallest absolute Gasteiger partial charge is 0.460 e. The molecule has 0 fully saturated rings. The van der Waals surface area contributed by atoms with Crippen molar-refractivity contribution in [1.29, 1.82) is 0 Å². The molecule has 0 rings (SSSR count). The highest BCUT2D eigenvalue weighted by Crippen LogP contribution is 2.66. The average Bonchev–Trinajstić information content (AvgIpc) is 2.39. The molecule has 176 valence electrons. The van der Waals surface area contributed by atoms with Crippen LogP contribution in [0.3, 0.4) is 0 Å². The Labute approximate surface area is 146 Å². The SMILES string of the molecule is O=S(=O)([O-])C(F)(C(F)(F)F)C(F)(C(F)(F)F)C(F)(F)C(F)(F)C(F)(F)C(F)(F)F. The molecule has 0 heterocycles. The van der Waals surface area contributed by atoms with Crippen LogP contribution in [0.4, 0.5) is 74.6 Å². The molecule has 2 atom stereocenters. The zero-order chi connectivity index (χ0) is 24.5. The Balaban J connectivity index is 7.66. The fraction of sp³-hybridized carbons (Fsp3) is 1.00. The molecule has 0 radical (unpaired) electrons. The van der Waals surface area contributed by atoms with Crippen molar-refractivity contribution in [1.82, 2.24) is 0 Å². The Hall–Kier alpha value is -1.28. The monoisotopic (exact) mass is 499 g/mol. The third kappa shape index (κ3) is 3.26. The van der Waals surface area contributed by atoms with Gasteiger partial charge in [-0.25, -0.2) is 17.2 Å². The number of hydrogen-bond acceptors (Lipinski definition) is 3. The maximum Gasteiger partial charge on any atom is 0.460 e. The van der Waals surface area contributed by atoms with Crippen LogP contribution in [0.1, 0.15) is 0 Å². The van der Waals surface area contributed by atoms with E-state index in [1.165, 1.54) is 0 Å². The van der Waals surface area contributed by atoms with E-state index in [1.807, 2.05) is 0 Å². The van der Waals surface area contributed by atoms with Crippen LogP contribution in [0.5, 0.6) is 0 Å². The van der Waals surface area contributed by atoms with E-state index in [4.69, 9.17) is 0 Å². The van der Waals surface area contributed by atoms with Gasteiger partial charge in [-0.2, -0.15) is 65.9 Å². The van der Waals surface area contributed by atoms with Crippen molar-refractivity contribution in [3.05, 3.63) is 0 Å². The van der Waals surface area contributed by atoms with Gasteiger partial charge in [-0.1, -0.05) is 0 Å². The van der Waals surface area contributed by atoms with E-state index in [-0.39, 0.29) is 0 Å². The van der Waals surface area contributed by atoms with Crippen molar-refractivity contribution in [3.63, 3.8) is 0 Å². The molecule has 0 aromatic heterocycles. The standard InChI is InChI=1S/C8HF17O3S/c9-1(6(17,18)19,5(16,8(23,24)25)29(26,27)28)2(10,11)3(12,13)4(14,15)7(20,21)22/h(H,26,27,28)/p-1. The van der Waals surface area contributed by atoms with Gasteiger partial charge in [-0.15, -0.1) is 0 Å². The maximum absolute atomic E-state index is 13.8. The van der Waals surface area contributed by atoms with Crippen molar-refractivity contribution in [3.8, 4) is 0 Å². The molecular weight excluding hydrogens is 499 g/mol. The summed E-state index contributed by atoms with van der Waals surface area (Å²) >= 11 is 0. The van der Waals surface area contributed by atoms with Crippen LogP contribution >= 0.6 is 0 Å². The van der Waals surface area contributed by atoms with Crippen LogP contribution in [0.15, 0.2) is 0 Å². The lowest BCUT2D eigenvalue weighted by molar-refractivity contribution is -0.450. The molecule has 0 N–H and O–H groups in total. The quantitative estimate of drug-likeness (QED) is 0.414. The van der Waals surface area contributed by atoms with Gasteiger partial charge >= 0.3 is 47.0 Å². The van der Waals surface area contributed by atoms with Gasteiger partial charge in [0.05, 0.1) is 0 Å². The number of alkyl halides is 17. The highest BCUT2D eigenvalue weighted by Gasteiger charge is 2.99. The highest BCUT2D eigenvalue weighted by molar-refractivity contribution is 7.87. The lowest BCUT2D eigenvalue weighted by atomic mass is 9.83. The molecule has 0 saturated heterocycles. The second-order valence-electron chi connectivity index (χ2n) is 4.92. The lowest BCUT2D eigenvalue weighted by Crippen LogP contribution is -2.80. The molecule has 0 amide bonds. The van der Waals surface area contributed by atoms with Gasteiger partial charge in [0.15, 0.2) is 0 Å². The molecule has 0 aliphatic carbocycles. The van der Waals surface area contributed by atoms with Crippen LogP contribution in [-0.4, -0.2) is 59.9 Å². The molecule has 3 nitrogen and oxygen atoms in total. The van der Waals surface area contributed by atoms with Crippen molar-refractivity contribution >= 4 is 10.1 Å². The van der Waals surface area contributed by atoms with Crippen LogP contribution in [-0.2, 0) is 10.1 Å². The summed E-state index contributed by atoms with van der Waals surface area (Å²) in [5, 5.41) is -8.71. The number of halogens is 17. The van der Waals surface area contributed by atoms with Gasteiger partial charge in [-0.3, -0.25) is 0 Å². The van der Waals surface area contributed by atoms with Gasteiger partial charge in [0, 0.05) is 0 Å². The van der Waals surface area contributed by atoms with Crippen LogP contribution in [0, 0.1) is 0 Å². The van der Waals surface area contributed by atoms with E-state index in [0.717, 1.165) is 0 Å². The number of rotatable bonds is 5. The van der Waals surface area contributed by atoms with Gasteiger partial charge in [0.1, 0.15) is 10.1 Å². The Morgan fingerprint density at radius 1 is 0.448 bits per heavy atom. The summed E-state index contributed by atoms with van der Waals surface area (Å²) in [7, 11) is -8.86. The van der Waals surface area contributed by atoms with Gasteiger partial charge in [0.25, 0.3) is 0 Å². The van der Waals surface area contributed by atoms with Crippen molar-refractivity contribution in [2.45, 2.75) is 47.0 Å². The molecule has 0 spiro atoms. The molecule has 2 unspecified atom stereocenters. The maximum atomic E-state index is 13.8. The summed E-state index contributed by atoms with van der Waals surface area (Å²) in [5.41, 5.74) is -9.19. The Bertz CT molecular complexity index is 729. The average molecular weight is 499 g/mol.